The molecule has 0 bridgehead atoms. The number of hydrogen-bond donors (Lipinski definition) is 1. The number of alkyl halides is 3. The van der Waals surface area contributed by atoms with Gasteiger partial charge in [-0.15, -0.1) is 12.4 Å². The van der Waals surface area contributed by atoms with Crippen molar-refractivity contribution < 1.29 is 18.0 Å². The maximum absolute atomic E-state index is 12.8. The fourth-order valence-electron chi connectivity index (χ4n) is 2.82. The SMILES string of the molecule is CCC(C(=O)N1CCC(N)CC1)c1cccc(C(F)(F)F)c1.Cl. The Morgan fingerprint density at radius 3 is 2.48 bits per heavy atom. The molecule has 0 radical (unpaired) electrons. The first-order chi connectivity index (χ1) is 10.3. The van der Waals surface area contributed by atoms with E-state index in [1.807, 2.05) is 6.92 Å². The molecule has 1 aromatic carbocycles. The maximum Gasteiger partial charge on any atom is 0.416 e. The summed E-state index contributed by atoms with van der Waals surface area (Å²) in [6, 6.07) is 5.18. The molecule has 1 atom stereocenters. The van der Waals surface area contributed by atoms with Gasteiger partial charge in [0, 0.05) is 19.1 Å². The standard InChI is InChI=1S/C16H21F3N2O.ClH/c1-2-14(15(22)21-8-6-13(20)7-9-21)11-4-3-5-12(10-11)16(17,18)19;/h3-5,10,13-14H,2,6-9,20H2,1H3;1H. The average molecular weight is 351 g/mol. The number of carbonyl (C=O) groups excluding carboxylic acids is 1. The maximum atomic E-state index is 12.8. The first kappa shape index (κ1) is 19.8. The number of benzene rings is 1. The fraction of sp³-hybridized carbons (Fsp3) is 0.562. The van der Waals surface area contributed by atoms with Crippen LogP contribution in [0.2, 0.25) is 0 Å². The first-order valence-corrected chi connectivity index (χ1v) is 7.54. The Bertz CT molecular complexity index is 528. The molecule has 1 fully saturated rings. The molecule has 1 unspecified atom stereocenters. The smallest absolute Gasteiger partial charge is 0.342 e. The second-order valence-electron chi connectivity index (χ2n) is 5.75. The number of piperidine rings is 1. The molecule has 23 heavy (non-hydrogen) atoms. The van der Waals surface area contributed by atoms with E-state index in [-0.39, 0.29) is 24.4 Å². The molecule has 7 heteroatoms. The molecule has 2 N–H and O–H groups in total. The van der Waals surface area contributed by atoms with E-state index in [1.165, 1.54) is 6.07 Å². The van der Waals surface area contributed by atoms with Gasteiger partial charge in [0.15, 0.2) is 0 Å². The molecule has 130 valence electrons. The van der Waals surface area contributed by atoms with Crippen LogP contribution in [0.4, 0.5) is 13.2 Å². The number of likely N-dealkylation sites (tertiary alicyclic amines) is 1. The zero-order chi connectivity index (χ0) is 16.3. The monoisotopic (exact) mass is 350 g/mol. The Kier molecular flexibility index (Phi) is 6.89. The molecule has 3 nitrogen and oxygen atoms in total. The lowest BCUT2D eigenvalue weighted by molar-refractivity contribution is -0.138. The first-order valence-electron chi connectivity index (χ1n) is 7.54. The summed E-state index contributed by atoms with van der Waals surface area (Å²) in [5.41, 5.74) is 5.54. The van der Waals surface area contributed by atoms with Gasteiger partial charge in [-0.2, -0.15) is 13.2 Å². The Hall–Kier alpha value is -1.27. The van der Waals surface area contributed by atoms with Crippen molar-refractivity contribution in [1.29, 1.82) is 0 Å². The van der Waals surface area contributed by atoms with Crippen LogP contribution in [0.25, 0.3) is 0 Å². The molecule has 1 aromatic rings. The zero-order valence-corrected chi connectivity index (χ0v) is 13.8. The minimum atomic E-state index is -4.39. The van der Waals surface area contributed by atoms with E-state index in [9.17, 15) is 18.0 Å². The average Bonchev–Trinajstić information content (AvgIpc) is 2.48. The number of nitrogens with two attached hydrogens (primary N) is 1. The zero-order valence-electron chi connectivity index (χ0n) is 13.0. The van der Waals surface area contributed by atoms with Gasteiger partial charge in [0.2, 0.25) is 5.91 Å². The molecule has 1 aliphatic heterocycles. The van der Waals surface area contributed by atoms with Crippen LogP contribution >= 0.6 is 12.4 Å². The molecule has 2 rings (SSSR count). The van der Waals surface area contributed by atoms with Gasteiger partial charge in [0.1, 0.15) is 0 Å². The van der Waals surface area contributed by atoms with Crippen LogP contribution in [0.15, 0.2) is 24.3 Å². The largest absolute Gasteiger partial charge is 0.416 e. The van der Waals surface area contributed by atoms with Crippen molar-refractivity contribution in [3.8, 4) is 0 Å². The van der Waals surface area contributed by atoms with Crippen molar-refractivity contribution in [2.75, 3.05) is 13.1 Å². The summed E-state index contributed by atoms with van der Waals surface area (Å²) < 4.78 is 38.5. The minimum absolute atomic E-state index is 0. The second-order valence-corrected chi connectivity index (χ2v) is 5.75. The van der Waals surface area contributed by atoms with Crippen LogP contribution < -0.4 is 5.73 Å². The van der Waals surface area contributed by atoms with E-state index in [2.05, 4.69) is 0 Å². The number of rotatable bonds is 3. The molecule has 1 saturated heterocycles. The number of amides is 1. The van der Waals surface area contributed by atoms with Gasteiger partial charge < -0.3 is 10.6 Å². The topological polar surface area (TPSA) is 46.3 Å². The van der Waals surface area contributed by atoms with Gasteiger partial charge in [-0.3, -0.25) is 4.79 Å². The molecular weight excluding hydrogens is 329 g/mol. The Balaban J connectivity index is 0.00000264. The Morgan fingerprint density at radius 2 is 1.96 bits per heavy atom. The molecule has 1 amide bonds. The Labute approximate surface area is 140 Å². The van der Waals surface area contributed by atoms with E-state index in [0.717, 1.165) is 25.0 Å². The highest BCUT2D eigenvalue weighted by atomic mass is 35.5. The number of carbonyl (C=O) groups is 1. The summed E-state index contributed by atoms with van der Waals surface area (Å²) >= 11 is 0. The van der Waals surface area contributed by atoms with Crippen LogP contribution in [0, 0.1) is 0 Å². The molecule has 1 heterocycles. The van der Waals surface area contributed by atoms with Crippen molar-refractivity contribution in [2.24, 2.45) is 5.73 Å². The molecule has 0 spiro atoms. The predicted octanol–water partition coefficient (Wildman–Crippen LogP) is 3.57. The molecule has 0 saturated carbocycles. The third-order valence-corrected chi connectivity index (χ3v) is 4.17. The summed E-state index contributed by atoms with van der Waals surface area (Å²) in [5, 5.41) is 0. The second kappa shape index (κ2) is 8.02. The number of nitrogens with zero attached hydrogens (tertiary/aromatic N) is 1. The van der Waals surface area contributed by atoms with Crippen LogP contribution in [0.5, 0.6) is 0 Å². The summed E-state index contributed by atoms with van der Waals surface area (Å²) in [6.07, 6.45) is -2.44. The third-order valence-electron chi connectivity index (χ3n) is 4.17. The van der Waals surface area contributed by atoms with Crippen LogP contribution in [0.1, 0.15) is 43.2 Å². The fourth-order valence-corrected chi connectivity index (χ4v) is 2.82. The quantitative estimate of drug-likeness (QED) is 0.905. The van der Waals surface area contributed by atoms with Gasteiger partial charge in [0.25, 0.3) is 0 Å². The lowest BCUT2D eigenvalue weighted by Crippen LogP contribution is -2.44. The molecule has 0 aliphatic carbocycles. The van der Waals surface area contributed by atoms with E-state index in [0.29, 0.717) is 25.1 Å². The van der Waals surface area contributed by atoms with Crippen molar-refractivity contribution in [2.45, 2.75) is 44.3 Å². The van der Waals surface area contributed by atoms with Crippen molar-refractivity contribution in [3.63, 3.8) is 0 Å². The van der Waals surface area contributed by atoms with Gasteiger partial charge in [-0.05, 0) is 30.9 Å². The highest BCUT2D eigenvalue weighted by molar-refractivity contribution is 5.85. The van der Waals surface area contributed by atoms with Crippen LogP contribution in [0.3, 0.4) is 0 Å². The van der Waals surface area contributed by atoms with Gasteiger partial charge in [-0.25, -0.2) is 0 Å². The van der Waals surface area contributed by atoms with Crippen LogP contribution in [-0.2, 0) is 11.0 Å². The molecule has 1 aliphatic rings. The van der Waals surface area contributed by atoms with Gasteiger partial charge >= 0.3 is 6.18 Å². The van der Waals surface area contributed by atoms with E-state index in [4.69, 9.17) is 5.73 Å². The van der Waals surface area contributed by atoms with Gasteiger partial charge in [-0.1, -0.05) is 25.1 Å². The normalized spacial score (nSPS) is 17.5. The minimum Gasteiger partial charge on any atom is -0.342 e. The summed E-state index contributed by atoms with van der Waals surface area (Å²) in [6.45, 7) is 2.98. The molecular formula is C16H22ClF3N2O. The van der Waals surface area contributed by atoms with Crippen molar-refractivity contribution in [3.05, 3.63) is 35.4 Å². The van der Waals surface area contributed by atoms with Gasteiger partial charge in [0.05, 0.1) is 11.5 Å². The van der Waals surface area contributed by atoms with Crippen molar-refractivity contribution >= 4 is 18.3 Å². The highest BCUT2D eigenvalue weighted by Gasteiger charge is 2.32. The van der Waals surface area contributed by atoms with E-state index < -0.39 is 17.7 Å². The van der Waals surface area contributed by atoms with E-state index >= 15 is 0 Å². The van der Waals surface area contributed by atoms with Crippen molar-refractivity contribution in [1.82, 2.24) is 4.90 Å². The lowest BCUT2D eigenvalue weighted by atomic mass is 9.92. The highest BCUT2D eigenvalue weighted by Crippen LogP contribution is 2.32. The Morgan fingerprint density at radius 1 is 1.35 bits per heavy atom. The predicted molar refractivity (Wildman–Crippen MR) is 85.5 cm³/mol. The molecule has 0 aromatic heterocycles. The summed E-state index contributed by atoms with van der Waals surface area (Å²) in [4.78, 5) is 14.3. The van der Waals surface area contributed by atoms with E-state index in [1.54, 1.807) is 11.0 Å². The van der Waals surface area contributed by atoms with Crippen LogP contribution in [-0.4, -0.2) is 29.9 Å². The summed E-state index contributed by atoms with van der Waals surface area (Å²) in [7, 11) is 0. The number of hydrogen-bond acceptors (Lipinski definition) is 2. The third kappa shape index (κ3) is 4.85. The number of halogens is 4. The lowest BCUT2D eigenvalue weighted by Gasteiger charge is -2.33. The summed E-state index contributed by atoms with van der Waals surface area (Å²) in [5.74, 6) is -0.634.